The summed E-state index contributed by atoms with van der Waals surface area (Å²) in [5, 5.41) is 11.4. The van der Waals surface area contributed by atoms with Crippen LogP contribution in [0.5, 0.6) is 5.75 Å². The summed E-state index contributed by atoms with van der Waals surface area (Å²) in [6.45, 7) is 9.59. The van der Waals surface area contributed by atoms with Crippen LogP contribution in [-0.2, 0) is 0 Å². The highest BCUT2D eigenvalue weighted by molar-refractivity contribution is 7.18. The first-order valence-electron chi connectivity index (χ1n) is 10.2. The number of aliphatic hydroxyl groups is 1. The minimum atomic E-state index is -0.563. The molecule has 1 radical (unpaired) electrons. The quantitative estimate of drug-likeness (QED) is 0.616. The van der Waals surface area contributed by atoms with Crippen molar-refractivity contribution in [2.75, 3.05) is 32.8 Å². The second-order valence-corrected chi connectivity index (χ2v) is 8.97. The number of hydrogen-bond acceptors (Lipinski definition) is 6. The van der Waals surface area contributed by atoms with E-state index in [0.29, 0.717) is 6.54 Å². The molecule has 4 rings (SSSR count). The lowest BCUT2D eigenvalue weighted by atomic mass is 10.1. The van der Waals surface area contributed by atoms with Gasteiger partial charge in [-0.1, -0.05) is 12.1 Å². The molecule has 159 valence electrons. The van der Waals surface area contributed by atoms with Gasteiger partial charge in [-0.05, 0) is 43.7 Å². The van der Waals surface area contributed by atoms with Gasteiger partial charge >= 0.3 is 0 Å². The molecule has 2 aromatic carbocycles. The molecule has 1 saturated heterocycles. The van der Waals surface area contributed by atoms with E-state index in [1.165, 1.54) is 12.1 Å². The second-order valence-electron chi connectivity index (χ2n) is 7.73. The number of aromatic nitrogens is 1. The average molecular weight is 429 g/mol. The lowest BCUT2D eigenvalue weighted by Crippen LogP contribution is -2.47. The summed E-state index contributed by atoms with van der Waals surface area (Å²) in [4.78, 5) is 8.97. The zero-order valence-corrected chi connectivity index (χ0v) is 18.1. The van der Waals surface area contributed by atoms with E-state index in [9.17, 15) is 9.50 Å². The van der Waals surface area contributed by atoms with Crippen molar-refractivity contribution in [2.45, 2.75) is 26.0 Å². The molecule has 3 aromatic rings. The molecule has 0 bridgehead atoms. The second kappa shape index (κ2) is 9.39. The summed E-state index contributed by atoms with van der Waals surface area (Å²) in [7, 11) is 0. The molecule has 1 aliphatic heterocycles. The maximum absolute atomic E-state index is 13.1. The van der Waals surface area contributed by atoms with Gasteiger partial charge in [-0.15, -0.1) is 11.3 Å². The van der Waals surface area contributed by atoms with Gasteiger partial charge in [0.15, 0.2) is 0 Å². The zero-order chi connectivity index (χ0) is 21.1. The lowest BCUT2D eigenvalue weighted by Gasteiger charge is -2.38. The van der Waals surface area contributed by atoms with Crippen molar-refractivity contribution in [1.29, 1.82) is 0 Å². The van der Waals surface area contributed by atoms with Crippen LogP contribution in [0.1, 0.15) is 23.5 Å². The molecule has 0 spiro atoms. The molecule has 1 aromatic heterocycles. The first kappa shape index (κ1) is 21.2. The van der Waals surface area contributed by atoms with Gasteiger partial charge in [0.1, 0.15) is 24.3 Å². The topological polar surface area (TPSA) is 48.8 Å². The van der Waals surface area contributed by atoms with Crippen molar-refractivity contribution in [3.05, 3.63) is 65.4 Å². The average Bonchev–Trinajstić information content (AvgIpc) is 3.12. The number of thiazole rings is 1. The third-order valence-electron chi connectivity index (χ3n) is 5.48. The third kappa shape index (κ3) is 5.16. The van der Waals surface area contributed by atoms with E-state index in [2.05, 4.69) is 28.3 Å². The summed E-state index contributed by atoms with van der Waals surface area (Å²) in [5.41, 5.74) is 2.03. The van der Waals surface area contributed by atoms with E-state index in [1.54, 1.807) is 11.3 Å². The van der Waals surface area contributed by atoms with Gasteiger partial charge in [0.05, 0.1) is 15.2 Å². The summed E-state index contributed by atoms with van der Waals surface area (Å²) in [6.07, 6.45) is -0.563. The predicted molar refractivity (Wildman–Crippen MR) is 118 cm³/mol. The number of fused-ring (bicyclic) bond motifs is 1. The van der Waals surface area contributed by atoms with Crippen LogP contribution in [0.15, 0.2) is 42.5 Å². The van der Waals surface area contributed by atoms with Crippen LogP contribution in [0, 0.1) is 19.3 Å². The van der Waals surface area contributed by atoms with E-state index in [1.807, 2.05) is 37.3 Å². The molecular weight excluding hydrogens is 401 g/mol. The summed E-state index contributed by atoms with van der Waals surface area (Å²) in [5.74, 6) is 0.522. The molecule has 30 heavy (non-hydrogen) atoms. The number of nitrogens with zero attached hydrogens (tertiary/aromatic N) is 3. The normalized spacial score (nSPS) is 17.9. The summed E-state index contributed by atoms with van der Waals surface area (Å²) in [6, 6.07) is 12.8. The van der Waals surface area contributed by atoms with Crippen LogP contribution in [-0.4, -0.2) is 58.8 Å². The number of hydrogen-bond donors (Lipinski definition) is 1. The van der Waals surface area contributed by atoms with Gasteiger partial charge in [0, 0.05) is 44.8 Å². The Morgan fingerprint density at radius 2 is 2.00 bits per heavy atom. The number of benzene rings is 2. The highest BCUT2D eigenvalue weighted by Gasteiger charge is 2.24. The Morgan fingerprint density at radius 3 is 2.73 bits per heavy atom. The summed E-state index contributed by atoms with van der Waals surface area (Å²) < 4.78 is 20.1. The number of halogens is 1. The largest absolute Gasteiger partial charge is 0.491 e. The molecule has 5 nitrogen and oxygen atoms in total. The van der Waals surface area contributed by atoms with Crippen LogP contribution in [0.4, 0.5) is 4.39 Å². The minimum Gasteiger partial charge on any atom is -0.491 e. The molecule has 0 amide bonds. The highest BCUT2D eigenvalue weighted by Crippen LogP contribution is 2.26. The number of rotatable bonds is 7. The standard InChI is InChI=1S/C23H27FN3O2S/c1-16(18-3-5-19(24)6-4-18)27-11-9-26(10-12-27)14-20(28)15-29-21-7-8-23-22(13-21)25-17(2)30-23/h3-8,11,13,16,20,28H,9-10,12,14-15H2,1-2H3/t16-,20+/m0/s1. The number of piperazine rings is 1. The van der Waals surface area contributed by atoms with Crippen LogP contribution < -0.4 is 4.74 Å². The zero-order valence-electron chi connectivity index (χ0n) is 17.3. The predicted octanol–water partition coefficient (Wildman–Crippen LogP) is 4.02. The smallest absolute Gasteiger partial charge is 0.123 e. The molecule has 1 aliphatic rings. The van der Waals surface area contributed by atoms with Crippen LogP contribution >= 0.6 is 11.3 Å². The Morgan fingerprint density at radius 1 is 1.20 bits per heavy atom. The Labute approximate surface area is 180 Å². The van der Waals surface area contributed by atoms with Crippen LogP contribution in [0.25, 0.3) is 10.2 Å². The van der Waals surface area contributed by atoms with Crippen molar-refractivity contribution in [3.63, 3.8) is 0 Å². The maximum atomic E-state index is 13.1. The van der Waals surface area contributed by atoms with E-state index < -0.39 is 6.10 Å². The van der Waals surface area contributed by atoms with Crippen molar-refractivity contribution in [1.82, 2.24) is 14.8 Å². The van der Waals surface area contributed by atoms with Crippen molar-refractivity contribution in [2.24, 2.45) is 0 Å². The highest BCUT2D eigenvalue weighted by atomic mass is 32.1. The molecular formula is C23H27FN3O2S. The molecule has 2 heterocycles. The molecule has 1 N–H and O–H groups in total. The molecule has 1 fully saturated rings. The molecule has 0 aliphatic carbocycles. The molecule has 0 unspecified atom stereocenters. The number of aliphatic hydroxyl groups excluding tert-OH is 1. The third-order valence-corrected chi connectivity index (χ3v) is 6.43. The lowest BCUT2D eigenvalue weighted by molar-refractivity contribution is 0.0509. The van der Waals surface area contributed by atoms with Gasteiger partial charge < -0.3 is 9.84 Å². The molecule has 2 atom stereocenters. The van der Waals surface area contributed by atoms with E-state index >= 15 is 0 Å². The van der Waals surface area contributed by atoms with E-state index in [0.717, 1.165) is 46.2 Å². The van der Waals surface area contributed by atoms with E-state index in [-0.39, 0.29) is 18.5 Å². The number of β-amino-alcohol motifs (C(OH)–C–C–N with tert-alkyl or cyclic N) is 1. The van der Waals surface area contributed by atoms with Crippen LogP contribution in [0.3, 0.4) is 0 Å². The first-order chi connectivity index (χ1) is 14.5. The fourth-order valence-corrected chi connectivity index (χ4v) is 4.57. The van der Waals surface area contributed by atoms with Gasteiger partial charge in [0.25, 0.3) is 0 Å². The van der Waals surface area contributed by atoms with Gasteiger partial charge in [-0.25, -0.2) is 9.37 Å². The summed E-state index contributed by atoms with van der Waals surface area (Å²) >= 11 is 1.66. The minimum absolute atomic E-state index is 0.199. The Kier molecular flexibility index (Phi) is 6.63. The van der Waals surface area contributed by atoms with Gasteiger partial charge in [0.2, 0.25) is 0 Å². The Balaban J connectivity index is 1.22. The molecule has 7 heteroatoms. The maximum Gasteiger partial charge on any atom is 0.123 e. The van der Waals surface area contributed by atoms with Crippen molar-refractivity contribution < 1.29 is 14.2 Å². The first-order valence-corrected chi connectivity index (χ1v) is 11.0. The number of ether oxygens (including phenoxy) is 1. The van der Waals surface area contributed by atoms with E-state index in [4.69, 9.17) is 4.74 Å². The Bertz CT molecular complexity index is 970. The van der Waals surface area contributed by atoms with Gasteiger partial charge in [-0.3, -0.25) is 9.80 Å². The van der Waals surface area contributed by atoms with Crippen molar-refractivity contribution >= 4 is 21.6 Å². The Hall–Kier alpha value is -2.06. The fraction of sp³-hybridized carbons (Fsp3) is 0.391. The van der Waals surface area contributed by atoms with Crippen molar-refractivity contribution in [3.8, 4) is 5.75 Å². The number of aryl methyl sites for hydroxylation is 1. The monoisotopic (exact) mass is 428 g/mol. The van der Waals surface area contributed by atoms with Crippen LogP contribution in [0.2, 0.25) is 0 Å². The SMILES string of the molecule is Cc1nc2cc(OC[C@H](O)CN3C[CH]N([C@@H](C)c4ccc(F)cc4)CC3)ccc2s1. The van der Waals surface area contributed by atoms with Gasteiger partial charge in [-0.2, -0.15) is 0 Å². The fourth-order valence-electron chi connectivity index (χ4n) is 3.77. The molecule has 0 saturated carbocycles.